The number of methoxy groups -OCH3 is 1. The van der Waals surface area contributed by atoms with Gasteiger partial charge in [0.25, 0.3) is 5.91 Å². The highest BCUT2D eigenvalue weighted by molar-refractivity contribution is 5.90. The molecule has 1 fully saturated rings. The van der Waals surface area contributed by atoms with Gasteiger partial charge in [0.15, 0.2) is 0 Å². The number of nitrogens with zero attached hydrogens (tertiary/aromatic N) is 3. The van der Waals surface area contributed by atoms with E-state index in [1.54, 1.807) is 14.2 Å². The van der Waals surface area contributed by atoms with Gasteiger partial charge in [0, 0.05) is 44.0 Å². The van der Waals surface area contributed by atoms with Crippen LogP contribution in [0.5, 0.6) is 5.75 Å². The van der Waals surface area contributed by atoms with E-state index >= 15 is 0 Å². The van der Waals surface area contributed by atoms with Gasteiger partial charge in [-0.2, -0.15) is 0 Å². The van der Waals surface area contributed by atoms with Gasteiger partial charge in [-0.05, 0) is 50.5 Å². The van der Waals surface area contributed by atoms with Gasteiger partial charge in [-0.15, -0.1) is 0 Å². The molecule has 0 aliphatic carbocycles. The zero-order valence-corrected chi connectivity index (χ0v) is 17.3. The van der Waals surface area contributed by atoms with E-state index in [0.29, 0.717) is 6.04 Å². The van der Waals surface area contributed by atoms with Crippen LogP contribution in [0.3, 0.4) is 0 Å². The third-order valence-electron chi connectivity index (χ3n) is 5.42. The highest BCUT2D eigenvalue weighted by Crippen LogP contribution is 2.24. The maximum atomic E-state index is 12.0. The van der Waals surface area contributed by atoms with Crippen LogP contribution in [0, 0.1) is 20.8 Å². The topological polar surface area (TPSA) is 79.4 Å². The molecule has 0 saturated carbocycles. The largest absolute Gasteiger partial charge is 0.497 e. The van der Waals surface area contributed by atoms with Gasteiger partial charge in [-0.25, -0.2) is 9.97 Å². The lowest BCUT2D eigenvalue weighted by molar-refractivity contribution is 0.0952. The Kier molecular flexibility index (Phi) is 6.14. The molecule has 1 atom stereocenters. The maximum absolute atomic E-state index is 12.0. The molecule has 1 aliphatic rings. The molecule has 0 unspecified atom stereocenters. The molecule has 28 heavy (non-hydrogen) atoms. The number of aromatic nitrogens is 2. The Bertz CT molecular complexity index is 868. The van der Waals surface area contributed by atoms with Crippen LogP contribution in [-0.4, -0.2) is 49.2 Å². The van der Waals surface area contributed by atoms with Crippen LogP contribution in [0.15, 0.2) is 18.2 Å². The predicted octanol–water partition coefficient (Wildman–Crippen LogP) is 2.14. The molecule has 0 radical (unpaired) electrons. The van der Waals surface area contributed by atoms with E-state index in [1.807, 2.05) is 19.9 Å². The molecule has 1 aromatic carbocycles. The molecule has 7 nitrogen and oxygen atoms in total. The lowest BCUT2D eigenvalue weighted by Gasteiger charge is -2.21. The minimum atomic E-state index is -0.258. The number of rotatable bonds is 6. The first-order chi connectivity index (χ1) is 13.4. The Balaban J connectivity index is 1.69. The molecular formula is C21H29N5O2. The van der Waals surface area contributed by atoms with Crippen molar-refractivity contribution in [2.75, 3.05) is 32.1 Å². The summed E-state index contributed by atoms with van der Waals surface area (Å²) < 4.78 is 5.34. The van der Waals surface area contributed by atoms with Crippen molar-refractivity contribution in [3.8, 4) is 5.75 Å². The SMILES string of the molecule is CNC(=O)c1nc(C)c(C)c(N2CC[C@@H](NCc3cc(OC)ccc3C)C2)n1. The summed E-state index contributed by atoms with van der Waals surface area (Å²) in [6.45, 7) is 8.60. The van der Waals surface area contributed by atoms with Crippen LogP contribution in [0.2, 0.25) is 0 Å². The number of carbonyl (C=O) groups is 1. The van der Waals surface area contributed by atoms with Gasteiger partial charge in [-0.1, -0.05) is 6.07 Å². The van der Waals surface area contributed by atoms with Crippen molar-refractivity contribution in [2.45, 2.75) is 39.8 Å². The van der Waals surface area contributed by atoms with Gasteiger partial charge in [0.1, 0.15) is 11.6 Å². The van der Waals surface area contributed by atoms with E-state index in [2.05, 4.69) is 44.6 Å². The second-order valence-electron chi connectivity index (χ2n) is 7.27. The first kappa shape index (κ1) is 20.1. The summed E-state index contributed by atoms with van der Waals surface area (Å²) >= 11 is 0. The molecule has 1 amide bonds. The summed E-state index contributed by atoms with van der Waals surface area (Å²) in [4.78, 5) is 23.1. The van der Waals surface area contributed by atoms with Crippen LogP contribution in [0.1, 0.15) is 39.4 Å². The Labute approximate surface area is 166 Å². The minimum absolute atomic E-state index is 0.226. The summed E-state index contributed by atoms with van der Waals surface area (Å²) in [6.07, 6.45) is 1.03. The first-order valence-corrected chi connectivity index (χ1v) is 9.62. The summed E-state index contributed by atoms with van der Waals surface area (Å²) in [6, 6.07) is 6.52. The lowest BCUT2D eigenvalue weighted by atomic mass is 10.1. The maximum Gasteiger partial charge on any atom is 0.288 e. The Morgan fingerprint density at radius 3 is 2.79 bits per heavy atom. The van der Waals surface area contributed by atoms with E-state index in [4.69, 9.17) is 4.74 Å². The van der Waals surface area contributed by atoms with Gasteiger partial charge in [0.05, 0.1) is 7.11 Å². The molecule has 2 heterocycles. The van der Waals surface area contributed by atoms with Crippen molar-refractivity contribution < 1.29 is 9.53 Å². The van der Waals surface area contributed by atoms with Crippen LogP contribution < -0.4 is 20.3 Å². The normalized spacial score (nSPS) is 16.3. The van der Waals surface area contributed by atoms with Gasteiger partial charge in [-0.3, -0.25) is 4.79 Å². The molecule has 2 N–H and O–H groups in total. The van der Waals surface area contributed by atoms with E-state index in [1.165, 1.54) is 11.1 Å². The molecule has 1 aliphatic heterocycles. The average Bonchev–Trinajstić information content (AvgIpc) is 3.17. The number of nitrogens with one attached hydrogen (secondary N) is 2. The smallest absolute Gasteiger partial charge is 0.288 e. The molecule has 3 rings (SSSR count). The van der Waals surface area contributed by atoms with Crippen LogP contribution in [0.25, 0.3) is 0 Å². The van der Waals surface area contributed by atoms with Crippen LogP contribution in [-0.2, 0) is 6.54 Å². The van der Waals surface area contributed by atoms with Crippen molar-refractivity contribution in [1.29, 1.82) is 0 Å². The third kappa shape index (κ3) is 4.25. The van der Waals surface area contributed by atoms with Crippen molar-refractivity contribution in [3.05, 3.63) is 46.4 Å². The Hall–Kier alpha value is -2.67. The van der Waals surface area contributed by atoms with E-state index in [-0.39, 0.29) is 11.7 Å². The summed E-state index contributed by atoms with van der Waals surface area (Å²) in [5.41, 5.74) is 4.36. The van der Waals surface area contributed by atoms with E-state index in [0.717, 1.165) is 48.9 Å². The van der Waals surface area contributed by atoms with Crippen molar-refractivity contribution in [3.63, 3.8) is 0 Å². The van der Waals surface area contributed by atoms with Gasteiger partial charge in [0.2, 0.25) is 5.82 Å². The average molecular weight is 383 g/mol. The number of anilines is 1. The number of carbonyl (C=O) groups excluding carboxylic acids is 1. The summed E-state index contributed by atoms with van der Waals surface area (Å²) in [5.74, 6) is 1.70. The standard InChI is InChI=1S/C21H29N5O2/c1-13-6-7-18(28-5)10-16(13)11-23-17-8-9-26(12-17)20-14(2)15(3)24-19(25-20)21(27)22-4/h6-7,10,17,23H,8-9,11-12H2,1-5H3,(H,22,27)/t17-/m1/s1. The molecule has 1 saturated heterocycles. The number of aryl methyl sites for hydroxylation is 2. The van der Waals surface area contributed by atoms with Crippen LogP contribution >= 0.6 is 0 Å². The van der Waals surface area contributed by atoms with Crippen molar-refractivity contribution in [2.24, 2.45) is 0 Å². The third-order valence-corrected chi connectivity index (χ3v) is 5.42. The summed E-state index contributed by atoms with van der Waals surface area (Å²) in [7, 11) is 3.28. The highest BCUT2D eigenvalue weighted by Gasteiger charge is 2.26. The molecule has 7 heteroatoms. The Morgan fingerprint density at radius 1 is 1.29 bits per heavy atom. The number of amides is 1. The molecule has 0 bridgehead atoms. The zero-order valence-electron chi connectivity index (χ0n) is 17.3. The molecule has 2 aromatic rings. The number of hydrogen-bond acceptors (Lipinski definition) is 6. The van der Waals surface area contributed by atoms with Gasteiger partial charge < -0.3 is 20.3 Å². The van der Waals surface area contributed by atoms with Gasteiger partial charge >= 0.3 is 0 Å². The first-order valence-electron chi connectivity index (χ1n) is 9.62. The molecule has 1 aromatic heterocycles. The lowest BCUT2D eigenvalue weighted by Crippen LogP contribution is -2.33. The fourth-order valence-corrected chi connectivity index (χ4v) is 3.47. The minimum Gasteiger partial charge on any atom is -0.497 e. The summed E-state index contributed by atoms with van der Waals surface area (Å²) in [5, 5.41) is 6.26. The van der Waals surface area contributed by atoms with E-state index in [9.17, 15) is 4.79 Å². The Morgan fingerprint density at radius 2 is 2.07 bits per heavy atom. The van der Waals surface area contributed by atoms with Crippen LogP contribution in [0.4, 0.5) is 5.82 Å². The fraction of sp³-hybridized carbons (Fsp3) is 0.476. The molecular weight excluding hydrogens is 354 g/mol. The zero-order chi connectivity index (χ0) is 20.3. The monoisotopic (exact) mass is 383 g/mol. The fourth-order valence-electron chi connectivity index (χ4n) is 3.47. The number of hydrogen-bond donors (Lipinski definition) is 2. The molecule has 0 spiro atoms. The molecule has 150 valence electrons. The highest BCUT2D eigenvalue weighted by atomic mass is 16.5. The van der Waals surface area contributed by atoms with Crippen molar-refractivity contribution in [1.82, 2.24) is 20.6 Å². The second kappa shape index (κ2) is 8.56. The number of ether oxygens (including phenoxy) is 1. The second-order valence-corrected chi connectivity index (χ2v) is 7.27. The van der Waals surface area contributed by atoms with Crippen molar-refractivity contribution >= 4 is 11.7 Å². The predicted molar refractivity (Wildman–Crippen MR) is 110 cm³/mol. The number of benzene rings is 1. The quantitative estimate of drug-likeness (QED) is 0.796. The van der Waals surface area contributed by atoms with E-state index < -0.39 is 0 Å².